The molecule has 2 rings (SSSR count). The molecule has 9 nitrogen and oxygen atoms in total. The first-order valence-corrected chi connectivity index (χ1v) is 8.59. The van der Waals surface area contributed by atoms with Gasteiger partial charge in [0, 0.05) is 18.3 Å². The monoisotopic (exact) mass is 399 g/mol. The molecule has 2 amide bonds. The number of esters is 1. The van der Waals surface area contributed by atoms with Gasteiger partial charge in [0.1, 0.15) is 5.75 Å². The number of methoxy groups -OCH3 is 1. The molecule has 2 aromatic carbocycles. The first-order chi connectivity index (χ1) is 14.0. The fraction of sp³-hybridized carbons (Fsp3) is 0.200. The van der Waals surface area contributed by atoms with Gasteiger partial charge >= 0.3 is 5.97 Å². The summed E-state index contributed by atoms with van der Waals surface area (Å²) >= 11 is 0. The molecule has 0 atom stereocenters. The van der Waals surface area contributed by atoms with Gasteiger partial charge in [0.2, 0.25) is 6.61 Å². The average Bonchev–Trinajstić information content (AvgIpc) is 2.75. The zero-order valence-corrected chi connectivity index (χ0v) is 16.0. The second kappa shape index (κ2) is 11.1. The molecule has 0 unspecified atom stereocenters. The summed E-state index contributed by atoms with van der Waals surface area (Å²) in [5.74, 6) is -0.770. The van der Waals surface area contributed by atoms with Crippen LogP contribution in [-0.4, -0.2) is 51.4 Å². The van der Waals surface area contributed by atoms with E-state index in [2.05, 4.69) is 15.8 Å². The number of oxime groups is 1. The van der Waals surface area contributed by atoms with Crippen LogP contribution in [0.5, 0.6) is 5.75 Å². The van der Waals surface area contributed by atoms with E-state index in [9.17, 15) is 14.4 Å². The van der Waals surface area contributed by atoms with Crippen LogP contribution in [0.4, 0.5) is 5.69 Å². The predicted octanol–water partition coefficient (Wildman–Crippen LogP) is 1.59. The smallest absolute Gasteiger partial charge is 0.347 e. The fourth-order valence-corrected chi connectivity index (χ4v) is 2.11. The van der Waals surface area contributed by atoms with Gasteiger partial charge in [-0.15, -0.1) is 0 Å². The van der Waals surface area contributed by atoms with Crippen LogP contribution >= 0.6 is 0 Å². The molecule has 9 heteroatoms. The lowest BCUT2D eigenvalue weighted by Crippen LogP contribution is -2.22. The summed E-state index contributed by atoms with van der Waals surface area (Å²) in [6.45, 7) is -0.900. The van der Waals surface area contributed by atoms with Crippen molar-refractivity contribution in [3.63, 3.8) is 0 Å². The predicted molar refractivity (Wildman–Crippen MR) is 106 cm³/mol. The third-order valence-electron chi connectivity index (χ3n) is 3.60. The summed E-state index contributed by atoms with van der Waals surface area (Å²) in [5, 5.41) is 8.71. The van der Waals surface area contributed by atoms with E-state index in [0.717, 1.165) is 5.56 Å². The molecule has 0 aliphatic rings. The van der Waals surface area contributed by atoms with Crippen molar-refractivity contribution in [1.82, 2.24) is 5.32 Å². The Kier molecular flexibility index (Phi) is 8.18. The van der Waals surface area contributed by atoms with Crippen LogP contribution in [-0.2, 0) is 19.2 Å². The topological polar surface area (TPSA) is 115 Å². The molecular formula is C20H21N3O6. The van der Waals surface area contributed by atoms with Crippen molar-refractivity contribution in [3.05, 3.63) is 59.7 Å². The summed E-state index contributed by atoms with van der Waals surface area (Å²) in [6.07, 6.45) is 1.43. The Balaban J connectivity index is 1.68. The van der Waals surface area contributed by atoms with Crippen LogP contribution in [0.1, 0.15) is 15.9 Å². The molecular weight excluding hydrogens is 378 g/mol. The molecule has 0 spiro atoms. The minimum Gasteiger partial charge on any atom is -0.497 e. The molecule has 0 saturated carbocycles. The normalized spacial score (nSPS) is 10.3. The van der Waals surface area contributed by atoms with E-state index in [-0.39, 0.29) is 5.91 Å². The van der Waals surface area contributed by atoms with Gasteiger partial charge in [0.05, 0.1) is 13.3 Å². The maximum atomic E-state index is 11.8. The first-order valence-electron chi connectivity index (χ1n) is 8.59. The van der Waals surface area contributed by atoms with Gasteiger partial charge in [-0.2, -0.15) is 0 Å². The molecule has 0 heterocycles. The molecule has 0 bridgehead atoms. The molecule has 0 aliphatic heterocycles. The van der Waals surface area contributed by atoms with E-state index >= 15 is 0 Å². The van der Waals surface area contributed by atoms with Crippen LogP contribution in [0.15, 0.2) is 53.7 Å². The standard InChI is InChI=1S/C20H21N3O6/c1-21-20(26)15-5-7-16(8-6-15)23-18(24)12-28-19(25)13-29-22-11-14-3-9-17(27-2)10-4-14/h3-11H,12-13H2,1-2H3,(H,21,26)(H,23,24)/b22-11-. The Morgan fingerprint density at radius 1 is 1.00 bits per heavy atom. The zero-order valence-electron chi connectivity index (χ0n) is 16.0. The highest BCUT2D eigenvalue weighted by Crippen LogP contribution is 2.10. The van der Waals surface area contributed by atoms with Gasteiger partial charge in [-0.3, -0.25) is 9.59 Å². The van der Waals surface area contributed by atoms with Crippen LogP contribution in [0, 0.1) is 0 Å². The lowest BCUT2D eigenvalue weighted by molar-refractivity contribution is -0.151. The van der Waals surface area contributed by atoms with Gasteiger partial charge in [-0.25, -0.2) is 4.79 Å². The zero-order chi connectivity index (χ0) is 21.1. The third-order valence-corrected chi connectivity index (χ3v) is 3.60. The van der Waals surface area contributed by atoms with Gasteiger partial charge in [0.15, 0.2) is 6.61 Å². The van der Waals surface area contributed by atoms with Crippen LogP contribution in [0.3, 0.4) is 0 Å². The molecule has 2 aromatic rings. The molecule has 29 heavy (non-hydrogen) atoms. The molecule has 2 N–H and O–H groups in total. The number of nitrogens with one attached hydrogen (secondary N) is 2. The highest BCUT2D eigenvalue weighted by atomic mass is 16.7. The average molecular weight is 399 g/mol. The number of anilines is 1. The number of ether oxygens (including phenoxy) is 2. The quantitative estimate of drug-likeness (QED) is 0.376. The second-order valence-corrected chi connectivity index (χ2v) is 5.65. The number of carbonyl (C=O) groups excluding carboxylic acids is 3. The van der Waals surface area contributed by atoms with Gasteiger partial charge in [0.25, 0.3) is 11.8 Å². The van der Waals surface area contributed by atoms with E-state index in [4.69, 9.17) is 14.3 Å². The molecule has 0 radical (unpaired) electrons. The Labute approximate surface area is 167 Å². The Morgan fingerprint density at radius 3 is 2.31 bits per heavy atom. The summed E-state index contributed by atoms with van der Waals surface area (Å²) in [6, 6.07) is 13.3. The summed E-state index contributed by atoms with van der Waals surface area (Å²) in [7, 11) is 3.10. The molecule has 0 saturated heterocycles. The van der Waals surface area contributed by atoms with Crippen molar-refractivity contribution in [2.75, 3.05) is 32.7 Å². The van der Waals surface area contributed by atoms with Gasteiger partial charge in [-0.1, -0.05) is 5.16 Å². The molecule has 0 aromatic heterocycles. The minimum absolute atomic E-state index is 0.230. The van der Waals surface area contributed by atoms with E-state index in [1.54, 1.807) is 55.6 Å². The number of nitrogens with zero attached hydrogens (tertiary/aromatic N) is 1. The lowest BCUT2D eigenvalue weighted by Gasteiger charge is -2.07. The minimum atomic E-state index is -0.734. The van der Waals surface area contributed by atoms with Crippen LogP contribution in [0.25, 0.3) is 0 Å². The highest BCUT2D eigenvalue weighted by Gasteiger charge is 2.09. The van der Waals surface area contributed by atoms with Gasteiger partial charge < -0.3 is 24.9 Å². The Morgan fingerprint density at radius 2 is 1.69 bits per heavy atom. The number of carbonyl (C=O) groups is 3. The van der Waals surface area contributed by atoms with E-state index < -0.39 is 25.1 Å². The number of amides is 2. The Bertz CT molecular complexity index is 863. The number of rotatable bonds is 9. The summed E-state index contributed by atoms with van der Waals surface area (Å²) in [5.41, 5.74) is 1.70. The Hall–Kier alpha value is -3.88. The highest BCUT2D eigenvalue weighted by molar-refractivity contribution is 5.96. The van der Waals surface area contributed by atoms with Crippen molar-refractivity contribution < 1.29 is 28.7 Å². The maximum absolute atomic E-state index is 11.8. The van der Waals surface area contributed by atoms with Gasteiger partial charge in [-0.05, 0) is 54.1 Å². The number of benzene rings is 2. The number of hydrogen-bond acceptors (Lipinski definition) is 7. The van der Waals surface area contributed by atoms with Crippen molar-refractivity contribution in [2.45, 2.75) is 0 Å². The molecule has 0 aliphatic carbocycles. The van der Waals surface area contributed by atoms with Crippen molar-refractivity contribution in [1.29, 1.82) is 0 Å². The number of hydrogen-bond donors (Lipinski definition) is 2. The summed E-state index contributed by atoms with van der Waals surface area (Å²) in [4.78, 5) is 39.7. The van der Waals surface area contributed by atoms with Crippen LogP contribution in [0.2, 0.25) is 0 Å². The van der Waals surface area contributed by atoms with Crippen molar-refractivity contribution >= 4 is 29.7 Å². The molecule has 152 valence electrons. The fourth-order valence-electron chi connectivity index (χ4n) is 2.11. The van der Waals surface area contributed by atoms with E-state index in [1.807, 2.05) is 0 Å². The maximum Gasteiger partial charge on any atom is 0.347 e. The van der Waals surface area contributed by atoms with E-state index in [0.29, 0.717) is 17.0 Å². The SMILES string of the molecule is CNC(=O)c1ccc(NC(=O)COC(=O)CO/N=C\c2ccc(OC)cc2)cc1. The molecule has 0 fully saturated rings. The first kappa shape index (κ1) is 21.4. The summed E-state index contributed by atoms with van der Waals surface area (Å²) < 4.78 is 9.85. The second-order valence-electron chi connectivity index (χ2n) is 5.65. The van der Waals surface area contributed by atoms with E-state index in [1.165, 1.54) is 13.3 Å². The van der Waals surface area contributed by atoms with Crippen molar-refractivity contribution in [3.8, 4) is 5.75 Å². The largest absolute Gasteiger partial charge is 0.497 e. The van der Waals surface area contributed by atoms with Crippen molar-refractivity contribution in [2.24, 2.45) is 5.16 Å². The van der Waals surface area contributed by atoms with Crippen LogP contribution < -0.4 is 15.4 Å². The lowest BCUT2D eigenvalue weighted by atomic mass is 10.2. The third kappa shape index (κ3) is 7.33.